The molecule has 4 rings (SSSR count). The van der Waals surface area contributed by atoms with Gasteiger partial charge in [-0.05, 0) is 74.2 Å². The monoisotopic (exact) mass is 444 g/mol. The topological polar surface area (TPSA) is 32.3 Å². The fraction of sp³-hybridized carbons (Fsp3) is 0.480. The third-order valence-corrected chi connectivity index (χ3v) is 7.65. The van der Waals surface area contributed by atoms with E-state index in [4.69, 9.17) is 23.2 Å². The Bertz CT molecular complexity index is 889. The maximum atomic E-state index is 12.7. The minimum Gasteiger partial charge on any atom is -0.352 e. The molecule has 5 heteroatoms. The Hall–Kier alpha value is -1.55. The van der Waals surface area contributed by atoms with E-state index in [1.54, 1.807) is 0 Å². The van der Waals surface area contributed by atoms with Gasteiger partial charge in [-0.3, -0.25) is 9.69 Å². The van der Waals surface area contributed by atoms with Crippen molar-refractivity contribution < 1.29 is 4.79 Å². The van der Waals surface area contributed by atoms with E-state index in [1.165, 1.54) is 17.5 Å². The summed E-state index contributed by atoms with van der Waals surface area (Å²) in [6.07, 6.45) is 5.52. The minimum atomic E-state index is 0.158. The molecule has 160 valence electrons. The van der Waals surface area contributed by atoms with E-state index in [1.807, 2.05) is 12.1 Å². The van der Waals surface area contributed by atoms with Crippen LogP contribution in [0.25, 0.3) is 0 Å². The van der Waals surface area contributed by atoms with Gasteiger partial charge in [-0.2, -0.15) is 0 Å². The third-order valence-electron chi connectivity index (χ3n) is 6.91. The van der Waals surface area contributed by atoms with Crippen LogP contribution in [0.3, 0.4) is 0 Å². The van der Waals surface area contributed by atoms with Gasteiger partial charge in [0.25, 0.3) is 0 Å². The summed E-state index contributed by atoms with van der Waals surface area (Å²) in [4.78, 5) is 15.2. The summed E-state index contributed by atoms with van der Waals surface area (Å²) < 4.78 is 0. The summed E-state index contributed by atoms with van der Waals surface area (Å²) in [7, 11) is 0. The first-order valence-electron chi connectivity index (χ1n) is 10.9. The zero-order valence-corrected chi connectivity index (χ0v) is 19.1. The average Bonchev–Trinajstić information content (AvgIpc) is 3.12. The molecule has 1 spiro atoms. The molecule has 1 aliphatic carbocycles. The fourth-order valence-electron chi connectivity index (χ4n) is 5.00. The Balaban J connectivity index is 1.25. The highest BCUT2D eigenvalue weighted by molar-refractivity contribution is 6.42. The number of benzene rings is 2. The lowest BCUT2D eigenvalue weighted by Crippen LogP contribution is -2.37. The molecule has 0 atom stereocenters. The number of aryl methyl sites for hydroxylation is 1. The van der Waals surface area contributed by atoms with Gasteiger partial charge in [-0.25, -0.2) is 0 Å². The van der Waals surface area contributed by atoms with Crippen LogP contribution in [-0.2, 0) is 17.9 Å². The number of carbonyl (C=O) groups excluding carboxylic acids is 1. The van der Waals surface area contributed by atoms with Crippen LogP contribution in [0, 0.1) is 18.3 Å². The van der Waals surface area contributed by atoms with Crippen LogP contribution in [-0.4, -0.2) is 23.9 Å². The Morgan fingerprint density at radius 1 is 1.03 bits per heavy atom. The molecule has 0 radical (unpaired) electrons. The molecule has 1 N–H and O–H groups in total. The van der Waals surface area contributed by atoms with Crippen molar-refractivity contribution in [3.8, 4) is 0 Å². The molecule has 30 heavy (non-hydrogen) atoms. The van der Waals surface area contributed by atoms with Crippen LogP contribution in [0.1, 0.15) is 48.8 Å². The Morgan fingerprint density at radius 3 is 2.43 bits per heavy atom. The van der Waals surface area contributed by atoms with E-state index in [0.717, 1.165) is 50.9 Å². The third kappa shape index (κ3) is 5.19. The lowest BCUT2D eigenvalue weighted by Gasteiger charge is -2.37. The van der Waals surface area contributed by atoms with Crippen LogP contribution in [0.2, 0.25) is 10.0 Å². The van der Waals surface area contributed by atoms with E-state index < -0.39 is 0 Å². The van der Waals surface area contributed by atoms with E-state index in [0.29, 0.717) is 22.0 Å². The number of hydrogen-bond donors (Lipinski definition) is 1. The van der Waals surface area contributed by atoms with E-state index in [9.17, 15) is 4.79 Å². The number of carbonyl (C=O) groups is 1. The summed E-state index contributed by atoms with van der Waals surface area (Å²) in [6, 6.07) is 14.3. The maximum Gasteiger partial charge on any atom is 0.223 e. The van der Waals surface area contributed by atoms with Crippen molar-refractivity contribution in [3.05, 3.63) is 69.2 Å². The first-order chi connectivity index (χ1) is 14.4. The van der Waals surface area contributed by atoms with Gasteiger partial charge in [0, 0.05) is 25.6 Å². The van der Waals surface area contributed by atoms with Crippen LogP contribution in [0.4, 0.5) is 0 Å². The number of hydrogen-bond acceptors (Lipinski definition) is 2. The van der Waals surface area contributed by atoms with Crippen molar-refractivity contribution >= 4 is 29.1 Å². The molecule has 3 nitrogen and oxygen atoms in total. The predicted molar refractivity (Wildman–Crippen MR) is 124 cm³/mol. The molecule has 1 aliphatic heterocycles. The molecule has 0 aromatic heterocycles. The molecular weight excluding hydrogens is 415 g/mol. The normalized spacial score (nSPS) is 24.3. The van der Waals surface area contributed by atoms with Crippen LogP contribution >= 0.6 is 23.2 Å². The Morgan fingerprint density at radius 2 is 1.73 bits per heavy atom. The number of amides is 1. The van der Waals surface area contributed by atoms with Crippen molar-refractivity contribution in [1.82, 2.24) is 10.2 Å². The average molecular weight is 445 g/mol. The molecule has 2 fully saturated rings. The van der Waals surface area contributed by atoms with E-state index >= 15 is 0 Å². The minimum absolute atomic E-state index is 0.158. The van der Waals surface area contributed by atoms with Gasteiger partial charge >= 0.3 is 0 Å². The number of halogens is 2. The smallest absolute Gasteiger partial charge is 0.223 e. The fourth-order valence-corrected chi connectivity index (χ4v) is 5.32. The quantitative estimate of drug-likeness (QED) is 0.612. The summed E-state index contributed by atoms with van der Waals surface area (Å²) >= 11 is 12.2. The Kier molecular flexibility index (Phi) is 6.72. The van der Waals surface area contributed by atoms with Crippen LogP contribution in [0.5, 0.6) is 0 Å². The summed E-state index contributed by atoms with van der Waals surface area (Å²) in [6.45, 7) is 5.85. The molecule has 1 saturated carbocycles. The van der Waals surface area contributed by atoms with Gasteiger partial charge in [0.05, 0.1) is 10.0 Å². The van der Waals surface area contributed by atoms with Crippen molar-refractivity contribution in [2.75, 3.05) is 13.1 Å². The zero-order valence-electron chi connectivity index (χ0n) is 17.6. The number of rotatable bonds is 5. The Labute approximate surface area is 189 Å². The predicted octanol–water partition coefficient (Wildman–Crippen LogP) is 6.00. The van der Waals surface area contributed by atoms with Gasteiger partial charge in [0.2, 0.25) is 5.91 Å². The number of nitrogens with one attached hydrogen (secondary N) is 1. The second-order valence-corrected chi connectivity index (χ2v) is 10.0. The molecular formula is C25H30Cl2N2O. The molecule has 0 bridgehead atoms. The highest BCUT2D eigenvalue weighted by Gasteiger charge is 2.42. The van der Waals surface area contributed by atoms with Gasteiger partial charge in [0.1, 0.15) is 0 Å². The molecule has 1 heterocycles. The molecule has 2 aromatic carbocycles. The van der Waals surface area contributed by atoms with Gasteiger partial charge in [-0.1, -0.05) is 59.1 Å². The standard InChI is InChI=1S/C25H30Cl2N2O/c1-18-2-4-19(5-3-18)15-28-24(30)21-8-10-25(11-9-21)12-13-29(17-25)16-20-6-7-22(26)23(27)14-20/h2-7,14,21H,8-13,15-17H2,1H3,(H,28,30). The van der Waals surface area contributed by atoms with Crippen molar-refractivity contribution in [2.24, 2.45) is 11.3 Å². The van der Waals surface area contributed by atoms with Gasteiger partial charge < -0.3 is 5.32 Å². The van der Waals surface area contributed by atoms with E-state index in [-0.39, 0.29) is 11.8 Å². The first kappa shape index (κ1) is 21.7. The molecule has 1 saturated heterocycles. The van der Waals surface area contributed by atoms with Gasteiger partial charge in [0.15, 0.2) is 0 Å². The van der Waals surface area contributed by atoms with Crippen LogP contribution < -0.4 is 5.32 Å². The maximum absolute atomic E-state index is 12.7. The lowest BCUT2D eigenvalue weighted by atomic mass is 9.70. The second kappa shape index (κ2) is 9.30. The summed E-state index contributed by atoms with van der Waals surface area (Å²) in [5.74, 6) is 0.376. The summed E-state index contributed by atoms with van der Waals surface area (Å²) in [5.41, 5.74) is 4.00. The number of likely N-dealkylation sites (tertiary alicyclic amines) is 1. The molecule has 2 aliphatic rings. The van der Waals surface area contributed by atoms with Crippen molar-refractivity contribution in [2.45, 2.75) is 52.1 Å². The molecule has 0 unspecified atom stereocenters. The summed E-state index contributed by atoms with van der Waals surface area (Å²) in [5, 5.41) is 4.38. The lowest BCUT2D eigenvalue weighted by molar-refractivity contribution is -0.126. The first-order valence-corrected chi connectivity index (χ1v) is 11.7. The van der Waals surface area contributed by atoms with E-state index in [2.05, 4.69) is 47.5 Å². The highest BCUT2D eigenvalue weighted by atomic mass is 35.5. The molecule has 1 amide bonds. The SMILES string of the molecule is Cc1ccc(CNC(=O)C2CCC3(CC2)CCN(Cc2ccc(Cl)c(Cl)c2)C3)cc1. The van der Waals surface area contributed by atoms with Gasteiger partial charge in [-0.15, -0.1) is 0 Å². The highest BCUT2D eigenvalue weighted by Crippen LogP contribution is 2.46. The molecule has 2 aromatic rings. The van der Waals surface area contributed by atoms with Crippen molar-refractivity contribution in [3.63, 3.8) is 0 Å². The second-order valence-electron chi connectivity index (χ2n) is 9.19. The van der Waals surface area contributed by atoms with Crippen LogP contribution in [0.15, 0.2) is 42.5 Å². The zero-order chi connectivity index (χ0) is 21.1. The number of nitrogens with zero attached hydrogens (tertiary/aromatic N) is 1. The largest absolute Gasteiger partial charge is 0.352 e. The van der Waals surface area contributed by atoms with Crippen molar-refractivity contribution in [1.29, 1.82) is 0 Å².